The van der Waals surface area contributed by atoms with Gasteiger partial charge < -0.3 is 28.8 Å². The van der Waals surface area contributed by atoms with E-state index in [0.29, 0.717) is 21.9 Å². The highest BCUT2D eigenvalue weighted by Crippen LogP contribution is 2.53. The number of aliphatic hydroxyl groups is 2. The van der Waals surface area contributed by atoms with E-state index in [1.807, 2.05) is 0 Å². The van der Waals surface area contributed by atoms with E-state index in [1.54, 1.807) is 19.3 Å². The molecular formula is C31H33ClF3N6O8P. The predicted octanol–water partition coefficient (Wildman–Crippen LogP) is 4.49. The third kappa shape index (κ3) is 7.18. The van der Waals surface area contributed by atoms with Crippen LogP contribution in [0.1, 0.15) is 37.1 Å². The van der Waals surface area contributed by atoms with Crippen LogP contribution in [0.15, 0.2) is 67.1 Å². The highest BCUT2D eigenvalue weighted by molar-refractivity contribution is 7.52. The van der Waals surface area contributed by atoms with Crippen LogP contribution in [-0.2, 0) is 36.1 Å². The average molecular weight is 741 g/mol. The Morgan fingerprint density at radius 3 is 2.56 bits per heavy atom. The minimum Gasteiger partial charge on any atom is -0.459 e. The number of nitrogens with one attached hydrogen (secondary N) is 1. The van der Waals surface area contributed by atoms with Gasteiger partial charge in [0.05, 0.1) is 17.6 Å². The Balaban J connectivity index is 1.21. The number of fused-ring (bicyclic) bond motifs is 1. The van der Waals surface area contributed by atoms with Crippen molar-refractivity contribution in [3.05, 3.63) is 83.3 Å². The summed E-state index contributed by atoms with van der Waals surface area (Å²) in [7, 11) is -2.96. The standard InChI is InChI=1S/C31H33ClF3N6O8P/c1-29(44)24(42)23(48-27(29)41-14-11-21-25(40(2)36)37-17-38-26(21)41)16-47-50(45,49-20-9-7-19(32)8-10-20)39-30(12-13-30)28(43)46-15-18-5-3-4-6-22(18)31(33,34)35/h3-11,14,17,23-24,27,42,44H,12-13,15-16,36H2,1-2H3,(H,39,45)/t23?,24-,27?,29-,50?/m1/s1. The van der Waals surface area contributed by atoms with E-state index in [4.69, 9.17) is 36.0 Å². The largest absolute Gasteiger partial charge is 0.459 e. The number of carbonyl (C=O) groups excluding carboxylic acids is 1. The number of anilines is 1. The van der Waals surface area contributed by atoms with Gasteiger partial charge in [0, 0.05) is 23.8 Å². The van der Waals surface area contributed by atoms with Gasteiger partial charge in [-0.25, -0.2) is 20.4 Å². The second kappa shape index (κ2) is 13.4. The fourth-order valence-corrected chi connectivity index (χ4v) is 7.52. The van der Waals surface area contributed by atoms with Crippen LogP contribution in [-0.4, -0.2) is 67.7 Å². The molecule has 14 nitrogen and oxygen atoms in total. The zero-order valence-corrected chi connectivity index (χ0v) is 28.2. The van der Waals surface area contributed by atoms with Gasteiger partial charge in [0.1, 0.15) is 47.7 Å². The number of ether oxygens (including phenoxy) is 2. The summed E-state index contributed by atoms with van der Waals surface area (Å²) in [5.41, 5.74) is -4.40. The fourth-order valence-electron chi connectivity index (χ4n) is 5.65. The van der Waals surface area contributed by atoms with Crippen molar-refractivity contribution in [3.8, 4) is 5.75 Å². The number of hydrazine groups is 1. The Morgan fingerprint density at radius 2 is 1.90 bits per heavy atom. The molecule has 2 fully saturated rings. The maximum atomic E-state index is 14.3. The summed E-state index contributed by atoms with van der Waals surface area (Å²) in [5, 5.41) is 27.4. The Bertz CT molecular complexity index is 1920. The van der Waals surface area contributed by atoms with Crippen LogP contribution in [0, 0.1) is 0 Å². The van der Waals surface area contributed by atoms with Gasteiger partial charge in [0.25, 0.3) is 0 Å². The molecule has 268 valence electrons. The molecule has 3 unspecified atom stereocenters. The second-order valence-corrected chi connectivity index (χ2v) is 14.3. The van der Waals surface area contributed by atoms with Gasteiger partial charge in [0.2, 0.25) is 0 Å². The first kappa shape index (κ1) is 36.0. The number of hydrogen-bond acceptors (Lipinski definition) is 12. The molecule has 1 saturated carbocycles. The maximum Gasteiger partial charge on any atom is 0.459 e. The Labute approximate surface area is 288 Å². The zero-order chi connectivity index (χ0) is 36.1. The first-order chi connectivity index (χ1) is 23.5. The van der Waals surface area contributed by atoms with Gasteiger partial charge in [0.15, 0.2) is 12.0 Å². The van der Waals surface area contributed by atoms with Crippen molar-refractivity contribution < 1.29 is 51.3 Å². The molecule has 2 aromatic heterocycles. The van der Waals surface area contributed by atoms with E-state index in [2.05, 4.69) is 15.1 Å². The second-order valence-electron chi connectivity index (χ2n) is 12.2. The molecule has 4 aromatic rings. The summed E-state index contributed by atoms with van der Waals surface area (Å²) in [6, 6.07) is 12.1. The third-order valence-corrected chi connectivity index (χ3v) is 10.3. The quantitative estimate of drug-likeness (QED) is 0.0691. The molecule has 19 heteroatoms. The summed E-state index contributed by atoms with van der Waals surface area (Å²) >= 11 is 5.98. The smallest absolute Gasteiger partial charge is 0.459 e. The molecule has 2 aromatic carbocycles. The van der Waals surface area contributed by atoms with E-state index in [0.717, 1.165) is 6.07 Å². The summed E-state index contributed by atoms with van der Waals surface area (Å²) in [4.78, 5) is 21.7. The normalized spacial score (nSPS) is 24.1. The summed E-state index contributed by atoms with van der Waals surface area (Å²) in [6.07, 6.45) is -5.68. The van der Waals surface area contributed by atoms with Crippen LogP contribution in [0.4, 0.5) is 19.0 Å². The SMILES string of the molecule is CN(N)c1ncnc2c1ccn2C1OC(COP(=O)(NC2(C(=O)OCc3ccccc3C(F)(F)F)CC2)Oc2ccc(Cl)cc2)[C@@H](O)[C@@]1(C)O. The van der Waals surface area contributed by atoms with Gasteiger partial charge in [-0.05, 0) is 56.2 Å². The minimum absolute atomic E-state index is 0.0328. The number of aliphatic hydroxyl groups excluding tert-OH is 1. The third-order valence-electron chi connectivity index (χ3n) is 8.45. The summed E-state index contributed by atoms with van der Waals surface area (Å²) in [6.45, 7) is 0.0437. The van der Waals surface area contributed by atoms with Crippen molar-refractivity contribution in [1.29, 1.82) is 0 Å². The van der Waals surface area contributed by atoms with Crippen molar-refractivity contribution in [2.24, 2.45) is 5.84 Å². The molecule has 0 radical (unpaired) electrons. The fraction of sp³-hybridized carbons (Fsp3) is 0.387. The molecule has 0 amide bonds. The number of hydrogen-bond donors (Lipinski definition) is 4. The van der Waals surface area contributed by atoms with Crippen LogP contribution in [0.3, 0.4) is 0 Å². The lowest BCUT2D eigenvalue weighted by atomic mass is 9.96. The number of esters is 1. The number of carbonyl (C=O) groups is 1. The highest BCUT2D eigenvalue weighted by Gasteiger charge is 2.58. The topological polar surface area (TPSA) is 184 Å². The molecule has 3 heterocycles. The molecule has 0 spiro atoms. The molecular weight excluding hydrogens is 708 g/mol. The van der Waals surface area contributed by atoms with Crippen molar-refractivity contribution in [1.82, 2.24) is 19.6 Å². The van der Waals surface area contributed by atoms with Crippen molar-refractivity contribution in [3.63, 3.8) is 0 Å². The summed E-state index contributed by atoms with van der Waals surface area (Å²) < 4.78 is 79.1. The minimum atomic E-state index is -4.67. The molecule has 1 aliphatic carbocycles. The maximum absolute atomic E-state index is 14.3. The molecule has 1 aliphatic heterocycles. The number of halogens is 4. The highest BCUT2D eigenvalue weighted by atomic mass is 35.5. The lowest BCUT2D eigenvalue weighted by Gasteiger charge is -2.28. The van der Waals surface area contributed by atoms with Gasteiger partial charge >= 0.3 is 19.9 Å². The average Bonchev–Trinajstić information content (AvgIpc) is 3.65. The molecule has 1 saturated heterocycles. The first-order valence-corrected chi connectivity index (χ1v) is 17.1. The van der Waals surface area contributed by atoms with Crippen LogP contribution in [0.5, 0.6) is 5.75 Å². The number of aromatic nitrogens is 3. The molecule has 6 rings (SSSR count). The van der Waals surface area contributed by atoms with Gasteiger partial charge in [-0.3, -0.25) is 14.3 Å². The molecule has 5 atom stereocenters. The first-order valence-electron chi connectivity index (χ1n) is 15.2. The van der Waals surface area contributed by atoms with Crippen molar-refractivity contribution >= 4 is 42.2 Å². The van der Waals surface area contributed by atoms with E-state index in [9.17, 15) is 32.7 Å². The van der Waals surface area contributed by atoms with Crippen LogP contribution < -0.4 is 20.5 Å². The lowest BCUT2D eigenvalue weighted by molar-refractivity contribution is -0.150. The van der Waals surface area contributed by atoms with Gasteiger partial charge in [-0.2, -0.15) is 18.3 Å². The van der Waals surface area contributed by atoms with E-state index in [1.165, 1.54) is 65.3 Å². The molecule has 0 bridgehead atoms. The number of nitrogens with two attached hydrogens (primary N) is 1. The Morgan fingerprint density at radius 1 is 1.20 bits per heavy atom. The number of alkyl halides is 3. The van der Waals surface area contributed by atoms with E-state index < -0.39 is 68.2 Å². The van der Waals surface area contributed by atoms with Crippen molar-refractivity contribution in [2.75, 3.05) is 18.7 Å². The molecule has 5 N–H and O–H groups in total. The Hall–Kier alpha value is -3.80. The van der Waals surface area contributed by atoms with Crippen molar-refractivity contribution in [2.45, 2.75) is 62.1 Å². The van der Waals surface area contributed by atoms with E-state index >= 15 is 0 Å². The molecule has 2 aliphatic rings. The molecule has 50 heavy (non-hydrogen) atoms. The number of benzene rings is 2. The summed E-state index contributed by atoms with van der Waals surface area (Å²) in [5.74, 6) is 5.35. The number of rotatable bonds is 12. The number of nitrogens with zero attached hydrogens (tertiary/aromatic N) is 4. The zero-order valence-electron chi connectivity index (χ0n) is 26.6. The van der Waals surface area contributed by atoms with Crippen LogP contribution in [0.2, 0.25) is 5.02 Å². The van der Waals surface area contributed by atoms with Gasteiger partial charge in [-0.1, -0.05) is 29.8 Å². The van der Waals surface area contributed by atoms with Gasteiger partial charge in [-0.15, -0.1) is 0 Å². The van der Waals surface area contributed by atoms with E-state index in [-0.39, 0.29) is 24.2 Å². The van der Waals surface area contributed by atoms with Crippen LogP contribution >= 0.6 is 19.3 Å². The Kier molecular flexibility index (Phi) is 9.64. The van der Waals surface area contributed by atoms with Crippen LogP contribution in [0.25, 0.3) is 11.0 Å². The lowest BCUT2D eigenvalue weighted by Crippen LogP contribution is -2.45. The predicted molar refractivity (Wildman–Crippen MR) is 173 cm³/mol. The monoisotopic (exact) mass is 740 g/mol.